The van der Waals surface area contributed by atoms with Gasteiger partial charge in [-0.1, -0.05) is 91.8 Å². The molecule has 3 radical (unpaired) electrons. The fourth-order valence-electron chi connectivity index (χ4n) is 6.90. The molecule has 4 aliphatic heterocycles. The zero-order valence-electron chi connectivity index (χ0n) is 40.5. The maximum Gasteiger partial charge on any atom is 0 e. The van der Waals surface area contributed by atoms with Crippen molar-refractivity contribution in [3.8, 4) is 11.4 Å². The Kier molecular flexibility index (Phi) is 47.2. The summed E-state index contributed by atoms with van der Waals surface area (Å²) in [5, 5.41) is 0. The molecule has 2 aromatic heterocycles. The number of halogens is 1. The van der Waals surface area contributed by atoms with Crippen LogP contribution in [0.3, 0.4) is 0 Å². The Hall–Kier alpha value is -2.81. The van der Waals surface area contributed by atoms with Crippen molar-refractivity contribution in [1.29, 1.82) is 0 Å². The summed E-state index contributed by atoms with van der Waals surface area (Å²) >= 11 is 0. The third-order valence-electron chi connectivity index (χ3n) is 10.0. The predicted octanol–water partition coefficient (Wildman–Crippen LogP) is 6.10. The Balaban J connectivity index is -0.000000501. The molecule has 0 spiro atoms. The summed E-state index contributed by atoms with van der Waals surface area (Å²) in [6, 6.07) is 13.3. The Morgan fingerprint density at radius 1 is 0.470 bits per heavy atom. The first-order valence-electron chi connectivity index (χ1n) is 22.1. The van der Waals surface area contributed by atoms with Crippen molar-refractivity contribution < 1.29 is 80.7 Å². The van der Waals surface area contributed by atoms with Crippen LogP contribution in [0, 0.1) is 39.3 Å². The van der Waals surface area contributed by atoms with Crippen LogP contribution in [-0.4, -0.2) is 79.4 Å². The molecule has 363 valence electrons. The summed E-state index contributed by atoms with van der Waals surface area (Å²) in [6.45, 7) is 44.7. The van der Waals surface area contributed by atoms with Crippen molar-refractivity contribution in [3.63, 3.8) is 0 Å². The van der Waals surface area contributed by atoms with Gasteiger partial charge in [-0.15, -0.1) is 0 Å². The van der Waals surface area contributed by atoms with Crippen molar-refractivity contribution in [2.24, 2.45) is 0 Å². The van der Waals surface area contributed by atoms with E-state index in [1.807, 2.05) is 0 Å². The van der Waals surface area contributed by atoms with Crippen LogP contribution in [0.25, 0.3) is 11.4 Å². The predicted molar refractivity (Wildman–Crippen MR) is 243 cm³/mol. The van der Waals surface area contributed by atoms with E-state index >= 15 is 0 Å². The van der Waals surface area contributed by atoms with Gasteiger partial charge in [0.25, 0.3) is 0 Å². The third-order valence-corrected chi connectivity index (χ3v) is 10.0. The molecule has 4 aromatic rings. The summed E-state index contributed by atoms with van der Waals surface area (Å²) < 4.78 is 58.3. The van der Waals surface area contributed by atoms with Gasteiger partial charge < -0.3 is 45.1 Å². The van der Waals surface area contributed by atoms with E-state index < -0.39 is 0 Å². The summed E-state index contributed by atoms with van der Waals surface area (Å²) in [7, 11) is 0. The summed E-state index contributed by atoms with van der Waals surface area (Å²) in [6.07, 6.45) is 25.8. The van der Waals surface area contributed by atoms with Gasteiger partial charge >= 0.3 is 45.2 Å². The normalized spacial score (nSPS) is 13.8. The van der Waals surface area contributed by atoms with Crippen LogP contribution in [0.4, 0.5) is 0 Å². The molecule has 12 nitrogen and oxygen atoms in total. The number of hydrogen-bond donors (Lipinski definition) is 0. The van der Waals surface area contributed by atoms with Gasteiger partial charge in [-0.05, 0) is 97.3 Å². The zero-order valence-corrected chi connectivity index (χ0v) is 44.3. The first kappa shape index (κ1) is 69.8. The number of hydrogen-bond acceptors (Lipinski definition) is 4. The van der Waals surface area contributed by atoms with Crippen molar-refractivity contribution in [2.45, 2.75) is 137 Å². The Morgan fingerprint density at radius 2 is 0.682 bits per heavy atom. The minimum atomic E-state index is 0. The molecule has 4 saturated heterocycles. The van der Waals surface area contributed by atoms with E-state index in [0.717, 1.165) is 52.9 Å². The average Bonchev–Trinajstić information content (AvgIpc) is 4.18. The SMILES string of the molecule is C1CCOC1.C1CCOC1.C1CCOC1.C1CCOC1.CC(C)c1cccc(C(C)C)c1-n1[c-][n+](C[n+]2[c-]n(-c3c(C(C)C)cccc3C(C)C)cc2)cc1.[Al].[Br-].[C-]#[O+].[C-]#[O+].[C-]#[O+].[C-]#[O+].[Fe]. The number of rotatable bonds is 8. The topological polar surface area (TPSA) is 134 Å². The van der Waals surface area contributed by atoms with E-state index in [4.69, 9.17) is 37.6 Å². The van der Waals surface area contributed by atoms with Crippen LogP contribution in [0.1, 0.15) is 153 Å². The van der Waals surface area contributed by atoms with Gasteiger partial charge in [0.15, 0.2) is 6.67 Å². The molecule has 0 saturated carbocycles. The monoisotopic (exact) mass is 1030 g/mol. The largest absolute Gasteiger partial charge is 0 e. The molecule has 4 aliphatic rings. The summed E-state index contributed by atoms with van der Waals surface area (Å²) in [5.41, 5.74) is 7.93. The number of para-hydroxylation sites is 2. The fraction of sp³-hybridized carbons (Fsp3) is 0.569. The van der Waals surface area contributed by atoms with Crippen molar-refractivity contribution in [2.75, 3.05) is 52.9 Å². The van der Waals surface area contributed by atoms with Crippen LogP contribution in [-0.2, 0) is 61.3 Å². The second-order valence-corrected chi connectivity index (χ2v) is 16.1. The third kappa shape index (κ3) is 26.7. The number of benzene rings is 2. The number of aromatic nitrogens is 4. The Morgan fingerprint density at radius 3 is 0.848 bits per heavy atom. The van der Waals surface area contributed by atoms with Crippen molar-refractivity contribution in [1.82, 2.24) is 9.13 Å². The molecule has 0 unspecified atom stereocenters. The van der Waals surface area contributed by atoms with Gasteiger partial charge in [-0.3, -0.25) is 9.13 Å². The maximum absolute atomic E-state index is 7.50. The first-order chi connectivity index (χ1) is 30.7. The van der Waals surface area contributed by atoms with E-state index in [0.29, 0.717) is 30.3 Å². The van der Waals surface area contributed by atoms with Crippen LogP contribution >= 0.6 is 0 Å². The van der Waals surface area contributed by atoms with E-state index in [1.54, 1.807) is 0 Å². The van der Waals surface area contributed by atoms with E-state index in [9.17, 15) is 0 Å². The van der Waals surface area contributed by atoms with Gasteiger partial charge in [-0.2, -0.15) is 0 Å². The Labute approximate surface area is 428 Å². The molecule has 0 amide bonds. The molecule has 2 aromatic carbocycles. The van der Waals surface area contributed by atoms with Crippen LogP contribution in [0.15, 0.2) is 61.2 Å². The van der Waals surface area contributed by atoms with Gasteiger partial charge in [0.2, 0.25) is 12.7 Å². The molecule has 8 rings (SSSR count). The maximum atomic E-state index is 7.50. The number of nitrogens with zero attached hydrogens (tertiary/aromatic N) is 4. The quantitative estimate of drug-likeness (QED) is 0.0914. The molecule has 0 atom stereocenters. The van der Waals surface area contributed by atoms with E-state index in [2.05, 4.69) is 174 Å². The van der Waals surface area contributed by atoms with Crippen LogP contribution in [0.5, 0.6) is 0 Å². The molecular formula is C51H72AlBrFeN4O8-. The van der Waals surface area contributed by atoms with Gasteiger partial charge in [0, 0.05) is 112 Å². The van der Waals surface area contributed by atoms with Crippen LogP contribution < -0.4 is 26.1 Å². The zero-order chi connectivity index (χ0) is 47.4. The summed E-state index contributed by atoms with van der Waals surface area (Å²) in [5.74, 6) is 1.78. The molecule has 15 heteroatoms. The minimum absolute atomic E-state index is 0. The molecule has 4 fully saturated rings. The molecule has 66 heavy (non-hydrogen) atoms. The molecule has 0 aliphatic carbocycles. The molecular weight excluding hydrogens is 959 g/mol. The molecule has 6 heterocycles. The smallest absolute Gasteiger partial charge is 0 e. The van der Waals surface area contributed by atoms with Gasteiger partial charge in [0.05, 0.1) is 11.4 Å². The fourth-order valence-corrected chi connectivity index (χ4v) is 6.90. The van der Waals surface area contributed by atoms with E-state index in [-0.39, 0.29) is 51.4 Å². The van der Waals surface area contributed by atoms with E-state index in [1.165, 1.54) is 85.0 Å². The standard InChI is InChI=1S/C31H40N4.4C4H8O.4CO.Al.BrH.Fe/c1-22(2)26-11-9-12-27(23(3)4)30(26)34-17-15-32(20-34)19-33-16-18-35(21-33)31-28(24(5)6)13-10-14-29(31)25(7)8;4*1-2-4-5-3-1;4*1-2;;;/h9-18,22-25H,19H2,1-8H3;4*1-4H2;;;;;;1H;/p-1. The van der Waals surface area contributed by atoms with Crippen LogP contribution in [0.2, 0.25) is 0 Å². The number of ether oxygens (including phenoxy) is 4. The van der Waals surface area contributed by atoms with Gasteiger partial charge in [0.1, 0.15) is 0 Å². The second kappa shape index (κ2) is 44.7. The van der Waals surface area contributed by atoms with Crippen molar-refractivity contribution in [3.05, 3.63) is 123 Å². The molecule has 0 bridgehead atoms. The second-order valence-electron chi connectivity index (χ2n) is 16.1. The first-order valence-corrected chi connectivity index (χ1v) is 22.1. The minimum Gasteiger partial charge on any atom is 0 e. The van der Waals surface area contributed by atoms with Gasteiger partial charge in [-0.25, -0.2) is 0 Å². The number of imidazole rings is 2. The van der Waals surface area contributed by atoms with Crippen molar-refractivity contribution >= 4 is 17.4 Å². The summed E-state index contributed by atoms with van der Waals surface area (Å²) in [4.78, 5) is 0. The molecule has 0 N–H and O–H groups in total. The average molecular weight is 1030 g/mol. The Bertz CT molecular complexity index is 1600.